The molecule has 9 heavy (non-hydrogen) atoms. The van der Waals surface area contributed by atoms with E-state index in [0.29, 0.717) is 5.75 Å². The smallest absolute Gasteiger partial charge is 0.118 e. The number of rotatable bonds is 0. The number of hydrogen-bond donors (Lipinski definition) is 1. The minimum Gasteiger partial charge on any atom is -0.508 e. The topological polar surface area (TPSA) is 20.2 Å². The molecule has 1 rings (SSSR count). The molecule has 1 N–H and O–H groups in total. The predicted molar refractivity (Wildman–Crippen MR) is 44.2 cm³/mol. The van der Waals surface area contributed by atoms with Crippen molar-refractivity contribution in [1.82, 2.24) is 0 Å². The zero-order valence-corrected chi connectivity index (χ0v) is 4.76. The summed E-state index contributed by atoms with van der Waals surface area (Å²) >= 11 is 0. The van der Waals surface area contributed by atoms with Crippen molar-refractivity contribution < 1.29 is 5.11 Å². The van der Waals surface area contributed by atoms with Crippen molar-refractivity contribution in [2.45, 2.75) is 6.92 Å². The maximum absolute atomic E-state index is 8.92. The highest BCUT2D eigenvalue weighted by atomic mass is 28.1. The lowest BCUT2D eigenvalue weighted by atomic mass is 10.2. The quantitative estimate of drug-likeness (QED) is 0.512. The van der Waals surface area contributed by atoms with Crippen LogP contribution in [0.25, 0.3) is 0 Å². The first-order valence-corrected chi connectivity index (χ1v) is 2.55. The van der Waals surface area contributed by atoms with Gasteiger partial charge in [-0.2, -0.15) is 0 Å². The highest BCUT2D eigenvalue weighted by Gasteiger charge is 1.86. The van der Waals surface area contributed by atoms with Gasteiger partial charge in [0.2, 0.25) is 0 Å². The number of para-hydroxylation sites is 1. The normalized spacial score (nSPS) is 8.11. The number of phenols is 1. The van der Waals surface area contributed by atoms with Crippen LogP contribution < -0.4 is 0 Å². The molecule has 0 radical (unpaired) electrons. The molecule has 0 atom stereocenters. The molecule has 0 unspecified atom stereocenters. The van der Waals surface area contributed by atoms with Crippen molar-refractivity contribution in [1.29, 1.82) is 0 Å². The van der Waals surface area contributed by atoms with Gasteiger partial charge in [-0.05, 0) is 29.5 Å². The van der Waals surface area contributed by atoms with E-state index in [9.17, 15) is 0 Å². The summed E-state index contributed by atoms with van der Waals surface area (Å²) < 4.78 is 0. The van der Waals surface area contributed by atoms with Crippen LogP contribution in [0.3, 0.4) is 0 Å². The third-order valence-electron chi connectivity index (χ3n) is 1.12. The molecule has 0 spiro atoms. The first kappa shape index (κ1) is 8.24. The molecule has 0 aliphatic heterocycles. The Labute approximate surface area is 59.4 Å². The van der Waals surface area contributed by atoms with Gasteiger partial charge < -0.3 is 5.11 Å². The summed E-state index contributed by atoms with van der Waals surface area (Å²) in [6.07, 6.45) is 0. The Morgan fingerprint density at radius 1 is 1.22 bits per heavy atom. The van der Waals surface area contributed by atoms with Crippen LogP contribution in [0, 0.1) is 6.92 Å². The molecule has 50 valence electrons. The summed E-state index contributed by atoms with van der Waals surface area (Å²) in [6, 6.07) is 7.25. The van der Waals surface area contributed by atoms with Gasteiger partial charge in [-0.1, -0.05) is 18.2 Å². The van der Waals surface area contributed by atoms with Crippen molar-refractivity contribution in [3.8, 4) is 5.75 Å². The maximum Gasteiger partial charge on any atom is 0.118 e. The number of aryl methyl sites for hydroxylation is 1. The standard InChI is InChI=1S/C7H8O.H4Si/c1-6-4-2-3-5-7(6)8;/h2-5,8H,1H3;1H4. The molecule has 0 aliphatic rings. The van der Waals surface area contributed by atoms with Crippen molar-refractivity contribution in [3.63, 3.8) is 0 Å². The van der Waals surface area contributed by atoms with Crippen LogP contribution in [0.4, 0.5) is 0 Å². The van der Waals surface area contributed by atoms with Gasteiger partial charge in [0.05, 0.1) is 0 Å². The largest absolute Gasteiger partial charge is 0.508 e. The Morgan fingerprint density at radius 3 is 2.11 bits per heavy atom. The van der Waals surface area contributed by atoms with Gasteiger partial charge in [-0.15, -0.1) is 0 Å². The second-order valence-corrected chi connectivity index (χ2v) is 1.79. The van der Waals surface area contributed by atoms with E-state index in [2.05, 4.69) is 0 Å². The predicted octanol–water partition coefficient (Wildman–Crippen LogP) is 0.249. The van der Waals surface area contributed by atoms with E-state index in [1.807, 2.05) is 25.1 Å². The van der Waals surface area contributed by atoms with E-state index in [1.54, 1.807) is 6.07 Å². The van der Waals surface area contributed by atoms with Crippen LogP contribution in [0.15, 0.2) is 24.3 Å². The van der Waals surface area contributed by atoms with Crippen LogP contribution in [0.2, 0.25) is 0 Å². The molecule has 0 aromatic heterocycles. The summed E-state index contributed by atoms with van der Waals surface area (Å²) in [5, 5.41) is 8.92. The average Bonchev–Trinajstić information content (AvgIpc) is 1.77. The molecule has 2 heteroatoms. The third-order valence-corrected chi connectivity index (χ3v) is 1.12. The molecule has 0 fully saturated rings. The van der Waals surface area contributed by atoms with E-state index in [1.165, 1.54) is 0 Å². The molecule has 0 aliphatic carbocycles. The number of benzene rings is 1. The summed E-state index contributed by atoms with van der Waals surface area (Å²) in [7, 11) is 0. The first-order valence-electron chi connectivity index (χ1n) is 2.55. The first-order chi connectivity index (χ1) is 3.80. The Kier molecular flexibility index (Phi) is 3.02. The molecule has 1 aromatic rings. The van der Waals surface area contributed by atoms with Crippen molar-refractivity contribution in [3.05, 3.63) is 29.8 Å². The second kappa shape index (κ2) is 3.30. The van der Waals surface area contributed by atoms with Gasteiger partial charge in [0.1, 0.15) is 5.75 Å². The van der Waals surface area contributed by atoms with Gasteiger partial charge in [0.25, 0.3) is 0 Å². The van der Waals surface area contributed by atoms with Crippen LogP contribution >= 0.6 is 0 Å². The molecule has 0 amide bonds. The van der Waals surface area contributed by atoms with Gasteiger partial charge in [0, 0.05) is 0 Å². The van der Waals surface area contributed by atoms with Crippen LogP contribution in [-0.2, 0) is 0 Å². The van der Waals surface area contributed by atoms with E-state index >= 15 is 0 Å². The fraction of sp³-hybridized carbons (Fsp3) is 0.143. The Balaban J connectivity index is 0.000000640. The van der Waals surface area contributed by atoms with Gasteiger partial charge >= 0.3 is 0 Å². The summed E-state index contributed by atoms with van der Waals surface area (Å²) in [4.78, 5) is 0. The number of phenolic OH excluding ortho intramolecular Hbond substituents is 1. The monoisotopic (exact) mass is 140 g/mol. The zero-order valence-electron chi connectivity index (χ0n) is 4.76. The van der Waals surface area contributed by atoms with Gasteiger partial charge in [0.15, 0.2) is 0 Å². The van der Waals surface area contributed by atoms with Crippen LogP contribution in [-0.4, -0.2) is 16.1 Å². The SMILES string of the molecule is Cc1ccccc1O.[SiH4]. The molecule has 0 heterocycles. The van der Waals surface area contributed by atoms with Crippen molar-refractivity contribution >= 4 is 11.0 Å². The van der Waals surface area contributed by atoms with Crippen molar-refractivity contribution in [2.24, 2.45) is 0 Å². The minimum atomic E-state index is 0. The fourth-order valence-electron chi connectivity index (χ4n) is 0.563. The average molecular weight is 140 g/mol. The number of hydrogen-bond acceptors (Lipinski definition) is 1. The molecule has 0 bridgehead atoms. The van der Waals surface area contributed by atoms with Gasteiger partial charge in [-0.25, -0.2) is 0 Å². The summed E-state index contributed by atoms with van der Waals surface area (Å²) in [5.41, 5.74) is 0.924. The zero-order chi connectivity index (χ0) is 5.98. The minimum absolute atomic E-state index is 0. The molecular weight excluding hydrogens is 128 g/mol. The van der Waals surface area contributed by atoms with E-state index in [-0.39, 0.29) is 11.0 Å². The Hall–Kier alpha value is -0.763. The lowest BCUT2D eigenvalue weighted by Gasteiger charge is -1.92. The van der Waals surface area contributed by atoms with Crippen LogP contribution in [0.1, 0.15) is 5.56 Å². The summed E-state index contributed by atoms with van der Waals surface area (Å²) in [5.74, 6) is 0.368. The van der Waals surface area contributed by atoms with E-state index in [0.717, 1.165) is 5.56 Å². The Morgan fingerprint density at radius 2 is 1.78 bits per heavy atom. The third kappa shape index (κ3) is 1.89. The lowest BCUT2D eigenvalue weighted by Crippen LogP contribution is -1.68. The fourth-order valence-corrected chi connectivity index (χ4v) is 0.563. The highest BCUT2D eigenvalue weighted by Crippen LogP contribution is 2.12. The van der Waals surface area contributed by atoms with E-state index in [4.69, 9.17) is 5.11 Å². The van der Waals surface area contributed by atoms with Crippen molar-refractivity contribution in [2.75, 3.05) is 0 Å². The van der Waals surface area contributed by atoms with Crippen LogP contribution in [0.5, 0.6) is 5.75 Å². The summed E-state index contributed by atoms with van der Waals surface area (Å²) in [6.45, 7) is 1.87. The van der Waals surface area contributed by atoms with Gasteiger partial charge in [-0.3, -0.25) is 0 Å². The maximum atomic E-state index is 8.92. The Bertz CT molecular complexity index is 165. The molecular formula is C7H12OSi. The highest BCUT2D eigenvalue weighted by molar-refractivity contribution is 5.75. The molecule has 0 saturated heterocycles. The molecule has 1 aromatic carbocycles. The lowest BCUT2D eigenvalue weighted by molar-refractivity contribution is 0.471. The molecule has 1 nitrogen and oxygen atoms in total. The van der Waals surface area contributed by atoms with E-state index < -0.39 is 0 Å². The second-order valence-electron chi connectivity index (χ2n) is 1.79. The molecule has 0 saturated carbocycles. The number of aromatic hydroxyl groups is 1.